The Bertz CT molecular complexity index is 1030. The second-order valence-electron chi connectivity index (χ2n) is 4.90. The summed E-state index contributed by atoms with van der Waals surface area (Å²) in [6, 6.07) is 15.0. The van der Waals surface area contributed by atoms with E-state index in [1.54, 1.807) is 12.1 Å². The number of benzene rings is 2. The fourth-order valence-corrected chi connectivity index (χ4v) is 3.52. The molecule has 4 rings (SSSR count). The smallest absolute Gasteiger partial charge is 0.266 e. The molecule has 2 aromatic heterocycles. The third kappa shape index (κ3) is 1.84. The molecule has 0 amide bonds. The molecule has 2 N–H and O–H groups in total. The van der Waals surface area contributed by atoms with Crippen LogP contribution in [0.4, 0.5) is 0 Å². The first-order valence-corrected chi connectivity index (χ1v) is 7.43. The van der Waals surface area contributed by atoms with Crippen LogP contribution in [0, 0.1) is 0 Å². The zero-order valence-corrected chi connectivity index (χ0v) is 11.8. The molecule has 4 aromatic rings. The number of hydrogen-bond donors (Lipinski definition) is 2. The van der Waals surface area contributed by atoms with Gasteiger partial charge in [0.15, 0.2) is 0 Å². The van der Waals surface area contributed by atoms with E-state index in [2.05, 4.69) is 4.98 Å². The van der Waals surface area contributed by atoms with Gasteiger partial charge >= 0.3 is 0 Å². The van der Waals surface area contributed by atoms with Crippen molar-refractivity contribution in [3.8, 4) is 16.9 Å². The van der Waals surface area contributed by atoms with Crippen molar-refractivity contribution >= 4 is 32.3 Å². The Morgan fingerprint density at radius 1 is 1.05 bits per heavy atom. The Morgan fingerprint density at radius 2 is 1.90 bits per heavy atom. The first-order chi connectivity index (χ1) is 10.2. The Balaban J connectivity index is 2.20. The SMILES string of the molecule is O=c1[nH]c2cccc(-c3cccc(O)c3)c2c2ccsc12. The number of aromatic nitrogens is 1. The number of phenols is 1. The summed E-state index contributed by atoms with van der Waals surface area (Å²) in [4.78, 5) is 15.0. The highest BCUT2D eigenvalue weighted by Crippen LogP contribution is 2.34. The summed E-state index contributed by atoms with van der Waals surface area (Å²) < 4.78 is 0.732. The van der Waals surface area contributed by atoms with E-state index in [4.69, 9.17) is 0 Å². The van der Waals surface area contributed by atoms with Gasteiger partial charge < -0.3 is 10.1 Å². The van der Waals surface area contributed by atoms with Crippen LogP contribution in [0.2, 0.25) is 0 Å². The zero-order valence-electron chi connectivity index (χ0n) is 11.0. The highest BCUT2D eigenvalue weighted by atomic mass is 32.1. The standard InChI is InChI=1S/C17H11NO2S/c19-11-4-1-3-10(9-11)12-5-2-6-14-15(12)13-7-8-21-16(13)17(20)18-14/h1-9,19H,(H,18,20). The Labute approximate surface area is 124 Å². The van der Waals surface area contributed by atoms with E-state index in [-0.39, 0.29) is 11.3 Å². The van der Waals surface area contributed by atoms with Crippen molar-refractivity contribution in [3.05, 3.63) is 64.3 Å². The van der Waals surface area contributed by atoms with Crippen LogP contribution in [0.15, 0.2) is 58.7 Å². The summed E-state index contributed by atoms with van der Waals surface area (Å²) in [6.45, 7) is 0. The van der Waals surface area contributed by atoms with E-state index >= 15 is 0 Å². The van der Waals surface area contributed by atoms with Crippen LogP contribution in [-0.4, -0.2) is 10.1 Å². The highest BCUT2D eigenvalue weighted by Gasteiger charge is 2.11. The van der Waals surface area contributed by atoms with Gasteiger partial charge in [-0.25, -0.2) is 0 Å². The van der Waals surface area contributed by atoms with Gasteiger partial charge in [0.25, 0.3) is 5.56 Å². The molecule has 0 aliphatic rings. The maximum Gasteiger partial charge on any atom is 0.266 e. The molecule has 0 aliphatic heterocycles. The summed E-state index contributed by atoms with van der Waals surface area (Å²) in [5.74, 6) is 0.232. The Kier molecular flexibility index (Phi) is 2.59. The Morgan fingerprint density at radius 3 is 2.76 bits per heavy atom. The van der Waals surface area contributed by atoms with Gasteiger partial charge in [0.05, 0.1) is 0 Å². The molecule has 0 unspecified atom stereocenters. The average molecular weight is 293 g/mol. The van der Waals surface area contributed by atoms with Crippen molar-refractivity contribution in [2.45, 2.75) is 0 Å². The van der Waals surface area contributed by atoms with E-state index in [9.17, 15) is 9.90 Å². The fourth-order valence-electron chi connectivity index (χ4n) is 2.72. The lowest BCUT2D eigenvalue weighted by atomic mass is 9.98. The number of pyridine rings is 1. The molecule has 2 heterocycles. The zero-order chi connectivity index (χ0) is 14.4. The number of aromatic amines is 1. The number of nitrogens with one attached hydrogen (secondary N) is 1. The minimum atomic E-state index is -0.0550. The van der Waals surface area contributed by atoms with Crippen LogP contribution in [0.1, 0.15) is 0 Å². The maximum atomic E-state index is 12.1. The van der Waals surface area contributed by atoms with Crippen molar-refractivity contribution in [1.82, 2.24) is 4.98 Å². The van der Waals surface area contributed by atoms with E-state index in [0.29, 0.717) is 0 Å². The van der Waals surface area contributed by atoms with Gasteiger partial charge in [0.1, 0.15) is 10.4 Å². The van der Waals surface area contributed by atoms with Crippen molar-refractivity contribution in [2.75, 3.05) is 0 Å². The van der Waals surface area contributed by atoms with Crippen LogP contribution in [0.3, 0.4) is 0 Å². The molecule has 0 bridgehead atoms. The van der Waals surface area contributed by atoms with Gasteiger partial charge in [-0.05, 0) is 40.8 Å². The van der Waals surface area contributed by atoms with Crippen molar-refractivity contribution in [2.24, 2.45) is 0 Å². The van der Waals surface area contributed by atoms with Gasteiger partial charge in [0, 0.05) is 16.3 Å². The highest BCUT2D eigenvalue weighted by molar-refractivity contribution is 7.17. The van der Waals surface area contributed by atoms with E-state index in [0.717, 1.165) is 32.1 Å². The lowest BCUT2D eigenvalue weighted by Crippen LogP contribution is -2.04. The number of thiophene rings is 1. The van der Waals surface area contributed by atoms with Crippen molar-refractivity contribution in [1.29, 1.82) is 0 Å². The summed E-state index contributed by atoms with van der Waals surface area (Å²) in [5.41, 5.74) is 2.69. The van der Waals surface area contributed by atoms with E-state index in [1.807, 2.05) is 41.8 Å². The molecule has 3 nitrogen and oxygen atoms in total. The molecular formula is C17H11NO2S. The summed E-state index contributed by atoms with van der Waals surface area (Å²) >= 11 is 1.44. The molecule has 4 heteroatoms. The van der Waals surface area contributed by atoms with Gasteiger partial charge in [0.2, 0.25) is 0 Å². The molecule has 102 valence electrons. The molecule has 0 saturated heterocycles. The van der Waals surface area contributed by atoms with Crippen LogP contribution < -0.4 is 5.56 Å². The largest absolute Gasteiger partial charge is 0.508 e. The number of rotatable bonds is 1. The van der Waals surface area contributed by atoms with Gasteiger partial charge in [-0.1, -0.05) is 24.3 Å². The summed E-state index contributed by atoms with van der Waals surface area (Å²) in [5, 5.41) is 13.6. The lowest BCUT2D eigenvalue weighted by Gasteiger charge is -2.08. The molecule has 0 radical (unpaired) electrons. The topological polar surface area (TPSA) is 53.1 Å². The average Bonchev–Trinajstić information content (AvgIpc) is 2.97. The van der Waals surface area contributed by atoms with E-state index < -0.39 is 0 Å². The van der Waals surface area contributed by atoms with E-state index in [1.165, 1.54) is 11.3 Å². The third-order valence-corrected chi connectivity index (χ3v) is 4.52. The first-order valence-electron chi connectivity index (χ1n) is 6.55. The van der Waals surface area contributed by atoms with Gasteiger partial charge in [-0.2, -0.15) is 0 Å². The molecule has 0 atom stereocenters. The quantitative estimate of drug-likeness (QED) is 0.555. The number of aromatic hydroxyl groups is 1. The second kappa shape index (κ2) is 4.46. The van der Waals surface area contributed by atoms with Crippen LogP contribution in [-0.2, 0) is 0 Å². The maximum absolute atomic E-state index is 12.1. The fraction of sp³-hybridized carbons (Fsp3) is 0. The monoisotopic (exact) mass is 293 g/mol. The second-order valence-corrected chi connectivity index (χ2v) is 5.81. The summed E-state index contributed by atoms with van der Waals surface area (Å²) in [6.07, 6.45) is 0. The third-order valence-electron chi connectivity index (χ3n) is 3.61. The first kappa shape index (κ1) is 12.2. The number of hydrogen-bond acceptors (Lipinski definition) is 3. The van der Waals surface area contributed by atoms with Crippen LogP contribution in [0.5, 0.6) is 5.75 Å². The predicted molar refractivity (Wildman–Crippen MR) is 87.1 cm³/mol. The molecular weight excluding hydrogens is 282 g/mol. The molecule has 0 saturated carbocycles. The minimum absolute atomic E-state index is 0.0550. The predicted octanol–water partition coefficient (Wildman–Crippen LogP) is 4.12. The van der Waals surface area contributed by atoms with Crippen LogP contribution >= 0.6 is 11.3 Å². The number of fused-ring (bicyclic) bond motifs is 3. The molecule has 0 aliphatic carbocycles. The van der Waals surface area contributed by atoms with Crippen molar-refractivity contribution in [3.63, 3.8) is 0 Å². The summed E-state index contributed by atoms with van der Waals surface area (Å²) in [7, 11) is 0. The molecule has 0 spiro atoms. The van der Waals surface area contributed by atoms with Gasteiger partial charge in [-0.15, -0.1) is 11.3 Å². The minimum Gasteiger partial charge on any atom is -0.508 e. The molecule has 0 fully saturated rings. The molecule has 21 heavy (non-hydrogen) atoms. The lowest BCUT2D eigenvalue weighted by molar-refractivity contribution is 0.475. The normalized spacial score (nSPS) is 11.2. The molecule has 2 aromatic carbocycles. The number of H-pyrrole nitrogens is 1. The Hall–Kier alpha value is -2.59. The number of phenolic OH excluding ortho intramolecular Hbond substituents is 1. The van der Waals surface area contributed by atoms with Crippen molar-refractivity contribution < 1.29 is 5.11 Å². The van der Waals surface area contributed by atoms with Gasteiger partial charge in [-0.3, -0.25) is 4.79 Å². The van der Waals surface area contributed by atoms with Crippen LogP contribution in [0.25, 0.3) is 32.1 Å².